The van der Waals surface area contributed by atoms with E-state index in [1.807, 2.05) is 66.7 Å². The van der Waals surface area contributed by atoms with Crippen molar-refractivity contribution < 1.29 is 22.6 Å². The number of ether oxygens (including phenoxy) is 2. The quantitative estimate of drug-likeness (QED) is 0.194. The third-order valence-corrected chi connectivity index (χ3v) is 6.04. The third-order valence-electron chi connectivity index (χ3n) is 4.97. The first-order chi connectivity index (χ1) is 15.9. The molecule has 0 amide bonds. The van der Waals surface area contributed by atoms with E-state index >= 15 is 0 Å². The van der Waals surface area contributed by atoms with Crippen LogP contribution >= 0.6 is 11.3 Å². The molecule has 0 saturated heterocycles. The van der Waals surface area contributed by atoms with E-state index in [2.05, 4.69) is 0 Å². The maximum Gasteiger partial charge on any atom is 0.389 e. The minimum Gasteiger partial charge on any atom is -0.497 e. The van der Waals surface area contributed by atoms with Gasteiger partial charge >= 0.3 is 6.18 Å². The first-order valence-corrected chi connectivity index (χ1v) is 11.2. The van der Waals surface area contributed by atoms with Crippen molar-refractivity contribution in [2.24, 2.45) is 0 Å². The lowest BCUT2D eigenvalue weighted by atomic mass is 10.1. The van der Waals surface area contributed by atoms with Gasteiger partial charge in [-0.1, -0.05) is 48.6 Å². The predicted molar refractivity (Wildman–Crippen MR) is 128 cm³/mol. The molecule has 3 aromatic carbocycles. The van der Waals surface area contributed by atoms with E-state index in [0.29, 0.717) is 5.75 Å². The number of hydrogen-bond donors (Lipinski definition) is 0. The second-order valence-electron chi connectivity index (χ2n) is 7.44. The summed E-state index contributed by atoms with van der Waals surface area (Å²) in [5.74, 6) is 1.38. The number of benzene rings is 3. The molecule has 0 aliphatic rings. The molecule has 0 aliphatic heterocycles. The molecule has 0 unspecified atom stereocenters. The number of aromatic nitrogens is 1. The van der Waals surface area contributed by atoms with Gasteiger partial charge in [-0.2, -0.15) is 13.2 Å². The van der Waals surface area contributed by atoms with E-state index in [0.717, 1.165) is 37.7 Å². The zero-order valence-electron chi connectivity index (χ0n) is 17.9. The van der Waals surface area contributed by atoms with Gasteiger partial charge in [0.05, 0.1) is 23.9 Å². The van der Waals surface area contributed by atoms with Crippen molar-refractivity contribution in [3.63, 3.8) is 0 Å². The van der Waals surface area contributed by atoms with Crippen LogP contribution in [0.3, 0.4) is 0 Å². The second-order valence-corrected chi connectivity index (χ2v) is 8.47. The van der Waals surface area contributed by atoms with Crippen LogP contribution < -0.4 is 9.47 Å². The van der Waals surface area contributed by atoms with Crippen molar-refractivity contribution >= 4 is 33.7 Å². The molecular formula is C26H22F3NO2S. The molecule has 0 atom stereocenters. The van der Waals surface area contributed by atoms with Gasteiger partial charge in [0.2, 0.25) is 0 Å². The van der Waals surface area contributed by atoms with Gasteiger partial charge < -0.3 is 9.47 Å². The number of halogens is 3. The summed E-state index contributed by atoms with van der Waals surface area (Å²) >= 11 is 1.63. The Bertz CT molecular complexity index is 1230. The number of hydrogen-bond acceptors (Lipinski definition) is 4. The van der Waals surface area contributed by atoms with E-state index in [4.69, 9.17) is 14.5 Å². The van der Waals surface area contributed by atoms with E-state index in [1.165, 1.54) is 0 Å². The number of fused-ring (bicyclic) bond motifs is 1. The van der Waals surface area contributed by atoms with Gasteiger partial charge in [-0.3, -0.25) is 0 Å². The Labute approximate surface area is 194 Å². The highest BCUT2D eigenvalue weighted by molar-refractivity contribution is 7.21. The smallest absolute Gasteiger partial charge is 0.389 e. The molecule has 0 spiro atoms. The zero-order valence-corrected chi connectivity index (χ0v) is 18.7. The van der Waals surface area contributed by atoms with Crippen LogP contribution in [-0.4, -0.2) is 24.9 Å². The molecule has 0 aliphatic carbocycles. The Morgan fingerprint density at radius 3 is 2.15 bits per heavy atom. The summed E-state index contributed by atoms with van der Waals surface area (Å²) in [6.07, 6.45) is -1.04. The van der Waals surface area contributed by atoms with Gasteiger partial charge in [-0.15, -0.1) is 11.3 Å². The minimum atomic E-state index is -4.14. The zero-order chi connectivity index (χ0) is 23.3. The van der Waals surface area contributed by atoms with Gasteiger partial charge in [-0.05, 0) is 47.9 Å². The average molecular weight is 470 g/mol. The number of alkyl halides is 3. The normalized spacial score (nSPS) is 11.9. The maximum absolute atomic E-state index is 12.2. The summed E-state index contributed by atoms with van der Waals surface area (Å²) in [6, 6.07) is 21.3. The van der Waals surface area contributed by atoms with Crippen LogP contribution in [0.4, 0.5) is 13.2 Å². The number of rotatable bonds is 8. The van der Waals surface area contributed by atoms with Crippen molar-refractivity contribution in [3.05, 3.63) is 77.9 Å². The molecule has 0 saturated carbocycles. The average Bonchev–Trinajstić information content (AvgIpc) is 3.24. The van der Waals surface area contributed by atoms with Crippen LogP contribution in [0.1, 0.15) is 24.0 Å². The number of nitrogens with zero attached hydrogens (tertiary/aromatic N) is 1. The van der Waals surface area contributed by atoms with Crippen molar-refractivity contribution in [2.45, 2.75) is 19.0 Å². The monoisotopic (exact) mass is 469 g/mol. The highest BCUT2D eigenvalue weighted by Gasteiger charge is 2.26. The first kappa shape index (κ1) is 22.9. The molecule has 4 aromatic rings. The van der Waals surface area contributed by atoms with Gasteiger partial charge in [-0.25, -0.2) is 4.98 Å². The van der Waals surface area contributed by atoms with Crippen molar-refractivity contribution in [1.29, 1.82) is 0 Å². The highest BCUT2D eigenvalue weighted by Crippen LogP contribution is 2.32. The molecule has 0 bridgehead atoms. The summed E-state index contributed by atoms with van der Waals surface area (Å²) in [5.41, 5.74) is 4.03. The number of methoxy groups -OCH3 is 1. The van der Waals surface area contributed by atoms with Crippen molar-refractivity contribution in [2.75, 3.05) is 13.7 Å². The Morgan fingerprint density at radius 2 is 1.52 bits per heavy atom. The predicted octanol–water partition coefficient (Wildman–Crippen LogP) is 7.86. The van der Waals surface area contributed by atoms with E-state index in [1.54, 1.807) is 30.6 Å². The van der Waals surface area contributed by atoms with Gasteiger partial charge in [0, 0.05) is 12.0 Å². The summed E-state index contributed by atoms with van der Waals surface area (Å²) < 4.78 is 48.2. The number of thiazole rings is 1. The van der Waals surface area contributed by atoms with E-state index in [-0.39, 0.29) is 13.0 Å². The molecule has 7 heteroatoms. The lowest BCUT2D eigenvalue weighted by Crippen LogP contribution is -2.09. The fourth-order valence-electron chi connectivity index (χ4n) is 3.22. The lowest BCUT2D eigenvalue weighted by molar-refractivity contribution is -0.136. The van der Waals surface area contributed by atoms with Crippen molar-refractivity contribution in [1.82, 2.24) is 4.98 Å². The molecule has 170 valence electrons. The molecule has 1 heterocycles. The van der Waals surface area contributed by atoms with Crippen molar-refractivity contribution in [3.8, 4) is 22.1 Å². The van der Waals surface area contributed by atoms with Gasteiger partial charge in [0.25, 0.3) is 0 Å². The fourth-order valence-corrected chi connectivity index (χ4v) is 4.22. The Morgan fingerprint density at radius 1 is 0.879 bits per heavy atom. The lowest BCUT2D eigenvalue weighted by Gasteiger charge is -2.08. The Kier molecular flexibility index (Phi) is 6.99. The van der Waals surface area contributed by atoms with Gasteiger partial charge in [0.1, 0.15) is 16.5 Å². The standard InChI is InChI=1S/C26H22F3NO2S/c1-31-22-13-14-23-24(17-22)33-25(30-23)20-9-5-18(6-10-20)3-4-19-7-11-21(12-8-19)32-16-2-15-26(27,28)29/h3-14,17H,2,15-16H2,1H3. The first-order valence-electron chi connectivity index (χ1n) is 10.4. The second kappa shape index (κ2) is 10.1. The highest BCUT2D eigenvalue weighted by atomic mass is 32.1. The topological polar surface area (TPSA) is 31.4 Å². The Hall–Kier alpha value is -3.32. The van der Waals surface area contributed by atoms with Crippen LogP contribution in [0.15, 0.2) is 66.7 Å². The Balaban J connectivity index is 1.35. The molecule has 33 heavy (non-hydrogen) atoms. The molecule has 1 aromatic heterocycles. The fraction of sp³-hybridized carbons (Fsp3) is 0.192. The molecule has 0 radical (unpaired) electrons. The van der Waals surface area contributed by atoms with E-state index in [9.17, 15) is 13.2 Å². The van der Waals surface area contributed by atoms with Crippen LogP contribution in [0, 0.1) is 0 Å². The van der Waals surface area contributed by atoms with E-state index < -0.39 is 12.6 Å². The minimum absolute atomic E-state index is 0.0449. The molecule has 0 fully saturated rings. The summed E-state index contributed by atoms with van der Waals surface area (Å²) in [5, 5.41) is 0.958. The largest absolute Gasteiger partial charge is 0.497 e. The SMILES string of the molecule is COc1ccc2nc(-c3ccc(C=Cc4ccc(OCCCC(F)(F)F)cc4)cc3)sc2c1. The summed E-state index contributed by atoms with van der Waals surface area (Å²) in [7, 11) is 1.65. The molecular weight excluding hydrogens is 447 g/mol. The van der Waals surface area contributed by atoms with Crippen LogP contribution in [0.2, 0.25) is 0 Å². The molecule has 0 N–H and O–H groups in total. The summed E-state index contributed by atoms with van der Waals surface area (Å²) in [6.45, 7) is 0.0449. The molecule has 4 rings (SSSR count). The van der Waals surface area contributed by atoms with Crippen LogP contribution in [-0.2, 0) is 0 Å². The molecule has 3 nitrogen and oxygen atoms in total. The maximum atomic E-state index is 12.2. The van der Waals surface area contributed by atoms with Crippen LogP contribution in [0.25, 0.3) is 32.9 Å². The van der Waals surface area contributed by atoms with Gasteiger partial charge in [0.15, 0.2) is 0 Å². The van der Waals surface area contributed by atoms with Crippen LogP contribution in [0.5, 0.6) is 11.5 Å². The summed E-state index contributed by atoms with van der Waals surface area (Å²) in [4.78, 5) is 4.71. The third kappa shape index (κ3) is 6.35.